The Labute approximate surface area is 240 Å². The number of aryl methyl sites for hydroxylation is 1. The van der Waals surface area contributed by atoms with Crippen LogP contribution in [0.2, 0.25) is 0 Å². The third-order valence-corrected chi connectivity index (χ3v) is 8.79. The zero-order valence-corrected chi connectivity index (χ0v) is 24.9. The van der Waals surface area contributed by atoms with Gasteiger partial charge >= 0.3 is 0 Å². The summed E-state index contributed by atoms with van der Waals surface area (Å²) in [5.74, 6) is 1.04. The van der Waals surface area contributed by atoms with Crippen LogP contribution in [0.3, 0.4) is 0 Å². The molecule has 9 heteroatoms. The number of nitriles is 1. The van der Waals surface area contributed by atoms with Crippen molar-refractivity contribution in [2.45, 2.75) is 65.7 Å². The number of imidazole rings is 1. The molecule has 1 aliphatic heterocycles. The van der Waals surface area contributed by atoms with Crippen molar-refractivity contribution >= 4 is 27.9 Å². The predicted molar refractivity (Wildman–Crippen MR) is 160 cm³/mol. The van der Waals surface area contributed by atoms with Gasteiger partial charge < -0.3 is 9.80 Å². The van der Waals surface area contributed by atoms with Crippen LogP contribution >= 0.6 is 11.3 Å². The lowest BCUT2D eigenvalue weighted by Gasteiger charge is -2.32. The highest BCUT2D eigenvalue weighted by molar-refractivity contribution is 7.16. The molecule has 0 spiro atoms. The van der Waals surface area contributed by atoms with Gasteiger partial charge in [-0.05, 0) is 81.4 Å². The van der Waals surface area contributed by atoms with Gasteiger partial charge in [0.15, 0.2) is 10.8 Å². The van der Waals surface area contributed by atoms with E-state index in [4.69, 9.17) is 15.0 Å². The minimum absolute atomic E-state index is 0.316. The van der Waals surface area contributed by atoms with Crippen LogP contribution in [0.5, 0.6) is 0 Å². The standard InChI is InChI=1S/C31H38FN7S/c1-6-24-29(37(5)30-36-28(26(18-33)40-30)22-8-10-23(32)11-9-22)39-20-25(34-19-27(39)35-24)21-12-16-38(17-13-21)15-7-14-31(2,3)4/h8-11,19-21H,6-7,12-17H2,1-5H3. The second kappa shape index (κ2) is 11.6. The highest BCUT2D eigenvalue weighted by Gasteiger charge is 2.25. The molecule has 7 nitrogen and oxygen atoms in total. The minimum atomic E-state index is -0.316. The van der Waals surface area contributed by atoms with Crippen LogP contribution in [0.15, 0.2) is 36.7 Å². The Balaban J connectivity index is 1.39. The van der Waals surface area contributed by atoms with Gasteiger partial charge in [0.1, 0.15) is 28.3 Å². The number of anilines is 2. The highest BCUT2D eigenvalue weighted by Crippen LogP contribution is 2.37. The summed E-state index contributed by atoms with van der Waals surface area (Å²) < 4.78 is 15.6. The fourth-order valence-electron chi connectivity index (χ4n) is 5.52. The Kier molecular flexibility index (Phi) is 8.20. The number of likely N-dealkylation sites (tertiary alicyclic amines) is 1. The summed E-state index contributed by atoms with van der Waals surface area (Å²) in [6.07, 6.45) is 9.49. The molecule has 3 aromatic heterocycles. The van der Waals surface area contributed by atoms with Gasteiger partial charge in [-0.1, -0.05) is 39.0 Å². The van der Waals surface area contributed by atoms with Crippen molar-refractivity contribution in [2.75, 3.05) is 31.6 Å². The summed E-state index contributed by atoms with van der Waals surface area (Å²) in [7, 11) is 1.97. The van der Waals surface area contributed by atoms with Crippen LogP contribution in [0.1, 0.15) is 75.6 Å². The average molecular weight is 560 g/mol. The molecule has 1 saturated heterocycles. The number of aromatic nitrogens is 4. The Hall–Kier alpha value is -3.35. The molecule has 0 bridgehead atoms. The van der Waals surface area contributed by atoms with E-state index in [9.17, 15) is 9.65 Å². The van der Waals surface area contributed by atoms with E-state index in [0.29, 0.717) is 27.0 Å². The van der Waals surface area contributed by atoms with Crippen molar-refractivity contribution in [3.05, 3.63) is 58.7 Å². The third kappa shape index (κ3) is 6.03. The molecule has 5 rings (SSSR count). The van der Waals surface area contributed by atoms with Gasteiger partial charge in [-0.15, -0.1) is 0 Å². The summed E-state index contributed by atoms with van der Waals surface area (Å²) in [4.78, 5) is 19.6. The van der Waals surface area contributed by atoms with E-state index in [2.05, 4.69) is 49.3 Å². The molecule has 0 amide bonds. The molecular weight excluding hydrogens is 521 g/mol. The maximum atomic E-state index is 13.5. The van der Waals surface area contributed by atoms with E-state index in [0.717, 1.165) is 60.8 Å². The number of rotatable bonds is 8. The maximum absolute atomic E-state index is 13.5. The molecule has 1 fully saturated rings. The molecule has 210 valence electrons. The van der Waals surface area contributed by atoms with Gasteiger partial charge in [0.2, 0.25) is 0 Å². The first kappa shape index (κ1) is 28.2. The van der Waals surface area contributed by atoms with Crippen LogP contribution in [0, 0.1) is 22.6 Å². The van der Waals surface area contributed by atoms with Gasteiger partial charge in [-0.25, -0.2) is 14.4 Å². The first-order valence-corrected chi connectivity index (χ1v) is 15.0. The first-order valence-electron chi connectivity index (χ1n) is 14.2. The van der Waals surface area contributed by atoms with Gasteiger partial charge in [-0.2, -0.15) is 5.26 Å². The van der Waals surface area contributed by atoms with E-state index in [1.807, 2.05) is 18.1 Å². The van der Waals surface area contributed by atoms with Crippen LogP contribution in [0.25, 0.3) is 16.9 Å². The molecule has 1 aromatic carbocycles. The molecule has 0 saturated carbocycles. The molecule has 4 aromatic rings. The SMILES string of the molecule is CCc1nc2cnc(C3CCN(CCCC(C)(C)C)CC3)cn2c1N(C)c1nc(-c2ccc(F)cc2)c(C#N)s1. The van der Waals surface area contributed by atoms with Crippen molar-refractivity contribution in [1.29, 1.82) is 5.26 Å². The van der Waals surface area contributed by atoms with Crippen molar-refractivity contribution in [3.63, 3.8) is 0 Å². The number of halogens is 1. The van der Waals surface area contributed by atoms with Crippen LogP contribution in [-0.4, -0.2) is 50.9 Å². The van der Waals surface area contributed by atoms with Gasteiger partial charge in [0.05, 0.1) is 17.6 Å². The lowest BCUT2D eigenvalue weighted by Crippen LogP contribution is -2.34. The number of hydrogen-bond acceptors (Lipinski definition) is 7. The molecule has 0 N–H and O–H groups in total. The van der Waals surface area contributed by atoms with Crippen molar-refractivity contribution < 1.29 is 4.39 Å². The number of benzene rings is 1. The molecule has 1 aliphatic rings. The molecular formula is C31H38FN7S. The Morgan fingerprint density at radius 3 is 2.52 bits per heavy atom. The van der Waals surface area contributed by atoms with E-state index < -0.39 is 0 Å². The molecule has 4 heterocycles. The quantitative estimate of drug-likeness (QED) is 0.227. The summed E-state index contributed by atoms with van der Waals surface area (Å²) in [5, 5.41) is 10.5. The van der Waals surface area contributed by atoms with Gasteiger partial charge in [0, 0.05) is 24.7 Å². The van der Waals surface area contributed by atoms with Crippen LogP contribution in [0.4, 0.5) is 15.3 Å². The molecule has 0 aliphatic carbocycles. The molecule has 0 unspecified atom stereocenters. The van der Waals surface area contributed by atoms with Gasteiger partial charge in [0.25, 0.3) is 0 Å². The average Bonchev–Trinajstić information content (AvgIpc) is 3.54. The summed E-state index contributed by atoms with van der Waals surface area (Å²) >= 11 is 1.33. The Bertz CT molecular complexity index is 1500. The molecule has 40 heavy (non-hydrogen) atoms. The fourth-order valence-corrected chi connectivity index (χ4v) is 6.37. The van der Waals surface area contributed by atoms with E-state index in [-0.39, 0.29) is 5.82 Å². The smallest absolute Gasteiger partial charge is 0.192 e. The maximum Gasteiger partial charge on any atom is 0.192 e. The largest absolute Gasteiger partial charge is 0.305 e. The van der Waals surface area contributed by atoms with Crippen molar-refractivity contribution in [3.8, 4) is 17.3 Å². The van der Waals surface area contributed by atoms with E-state index in [1.54, 1.807) is 12.1 Å². The van der Waals surface area contributed by atoms with E-state index >= 15 is 0 Å². The Morgan fingerprint density at radius 2 is 1.88 bits per heavy atom. The number of thiazole rings is 1. The van der Waals surface area contributed by atoms with Crippen molar-refractivity contribution in [2.24, 2.45) is 5.41 Å². The lowest BCUT2D eigenvalue weighted by molar-refractivity contribution is 0.197. The van der Waals surface area contributed by atoms with Crippen molar-refractivity contribution in [1.82, 2.24) is 24.3 Å². The second-order valence-corrected chi connectivity index (χ2v) is 12.9. The summed E-state index contributed by atoms with van der Waals surface area (Å²) in [6.45, 7) is 12.4. The second-order valence-electron chi connectivity index (χ2n) is 11.9. The first-order chi connectivity index (χ1) is 19.2. The Morgan fingerprint density at radius 1 is 1.15 bits per heavy atom. The van der Waals surface area contributed by atoms with Crippen LogP contribution in [-0.2, 0) is 6.42 Å². The normalized spacial score (nSPS) is 15.0. The number of fused-ring (bicyclic) bond motifs is 1. The topological polar surface area (TPSA) is 73.4 Å². The summed E-state index contributed by atoms with van der Waals surface area (Å²) in [5.41, 5.74) is 4.53. The number of hydrogen-bond donors (Lipinski definition) is 0. The number of nitrogens with zero attached hydrogens (tertiary/aromatic N) is 7. The molecule has 0 radical (unpaired) electrons. The van der Waals surface area contributed by atoms with E-state index in [1.165, 1.54) is 42.9 Å². The zero-order chi connectivity index (χ0) is 28.4. The predicted octanol–water partition coefficient (Wildman–Crippen LogP) is 7.20. The molecule has 0 atom stereocenters. The van der Waals surface area contributed by atoms with Crippen LogP contribution < -0.4 is 4.90 Å². The fraction of sp³-hybridized carbons (Fsp3) is 0.484. The lowest BCUT2D eigenvalue weighted by atomic mass is 9.90. The number of piperidine rings is 1. The third-order valence-electron chi connectivity index (χ3n) is 7.75. The summed E-state index contributed by atoms with van der Waals surface area (Å²) in [6, 6.07) is 8.38. The zero-order valence-electron chi connectivity index (χ0n) is 24.1. The minimum Gasteiger partial charge on any atom is -0.305 e. The highest BCUT2D eigenvalue weighted by atomic mass is 32.1. The monoisotopic (exact) mass is 559 g/mol. The van der Waals surface area contributed by atoms with Gasteiger partial charge in [-0.3, -0.25) is 9.38 Å².